The van der Waals surface area contributed by atoms with Gasteiger partial charge in [0.25, 0.3) is 0 Å². The van der Waals surface area contributed by atoms with Gasteiger partial charge in [0.05, 0.1) is 12.2 Å². The summed E-state index contributed by atoms with van der Waals surface area (Å²) in [5, 5.41) is 0. The zero-order valence-corrected chi connectivity index (χ0v) is 17.9. The van der Waals surface area contributed by atoms with Gasteiger partial charge in [-0.3, -0.25) is 0 Å². The van der Waals surface area contributed by atoms with Gasteiger partial charge in [0, 0.05) is 0 Å². The van der Waals surface area contributed by atoms with Crippen molar-refractivity contribution in [2.45, 2.75) is 71.1 Å². The normalized spacial score (nSPS) is 19.0. The highest BCUT2D eigenvalue weighted by atomic mass is 16.5. The molecule has 1 fully saturated rings. The van der Waals surface area contributed by atoms with Crippen molar-refractivity contribution in [2.24, 2.45) is 5.92 Å². The summed E-state index contributed by atoms with van der Waals surface area (Å²) < 4.78 is 10.9. The molecule has 0 N–H and O–H groups in total. The summed E-state index contributed by atoms with van der Waals surface area (Å²) in [6.07, 6.45) is 10.7. The molecule has 3 rings (SSSR count). The van der Waals surface area contributed by atoms with Gasteiger partial charge in [-0.15, -0.1) is 0 Å². The predicted molar refractivity (Wildman–Crippen MR) is 118 cm³/mol. The van der Waals surface area contributed by atoms with Crippen molar-refractivity contribution in [3.63, 3.8) is 0 Å². The first-order valence-electron chi connectivity index (χ1n) is 11.2. The fraction of sp³-hybridized carbons (Fsp3) is 0.500. The molecule has 2 aromatic rings. The van der Waals surface area contributed by atoms with Gasteiger partial charge in [0.2, 0.25) is 0 Å². The van der Waals surface area contributed by atoms with E-state index >= 15 is 0 Å². The fourth-order valence-electron chi connectivity index (χ4n) is 4.30. The second kappa shape index (κ2) is 11.0. The van der Waals surface area contributed by atoms with E-state index in [0.29, 0.717) is 23.8 Å². The van der Waals surface area contributed by atoms with Gasteiger partial charge < -0.3 is 9.47 Å². The number of unbranched alkanes of at least 4 members (excludes halogenated alkanes) is 2. The van der Waals surface area contributed by atoms with E-state index in [1.165, 1.54) is 56.9 Å². The summed E-state index contributed by atoms with van der Waals surface area (Å²) in [5.41, 5.74) is 1.95. The third-order valence-corrected chi connectivity index (χ3v) is 6.03. The number of hydrogen-bond donors (Lipinski definition) is 0. The van der Waals surface area contributed by atoms with Gasteiger partial charge in [-0.25, -0.2) is 4.79 Å². The number of hydrogen-bond acceptors (Lipinski definition) is 3. The quantitative estimate of drug-likeness (QED) is 0.257. The van der Waals surface area contributed by atoms with Crippen molar-refractivity contribution in [2.75, 3.05) is 6.61 Å². The Kier molecular flexibility index (Phi) is 8.15. The number of ether oxygens (including phenoxy) is 2. The van der Waals surface area contributed by atoms with E-state index in [9.17, 15) is 4.79 Å². The summed E-state index contributed by atoms with van der Waals surface area (Å²) in [7, 11) is 0. The summed E-state index contributed by atoms with van der Waals surface area (Å²) in [4.78, 5) is 12.4. The molecule has 3 nitrogen and oxygen atoms in total. The topological polar surface area (TPSA) is 35.5 Å². The first-order valence-corrected chi connectivity index (χ1v) is 11.2. The molecule has 29 heavy (non-hydrogen) atoms. The lowest BCUT2D eigenvalue weighted by atomic mass is 9.77. The van der Waals surface area contributed by atoms with Crippen LogP contribution in [0.1, 0.15) is 87.1 Å². The lowest BCUT2D eigenvalue weighted by Crippen LogP contribution is -2.14. The molecule has 1 saturated carbocycles. The maximum atomic E-state index is 12.4. The number of benzene rings is 2. The molecule has 0 unspecified atom stereocenters. The molecule has 3 heteroatoms. The van der Waals surface area contributed by atoms with Crippen LogP contribution >= 0.6 is 0 Å². The second-order valence-corrected chi connectivity index (χ2v) is 8.13. The molecule has 0 saturated heterocycles. The maximum Gasteiger partial charge on any atom is 0.343 e. The third kappa shape index (κ3) is 6.35. The lowest BCUT2D eigenvalue weighted by molar-refractivity contribution is 0.0734. The van der Waals surface area contributed by atoms with Gasteiger partial charge >= 0.3 is 5.97 Å². The van der Waals surface area contributed by atoms with E-state index in [4.69, 9.17) is 9.47 Å². The van der Waals surface area contributed by atoms with Gasteiger partial charge in [-0.05, 0) is 86.4 Å². The average molecular weight is 395 g/mol. The Morgan fingerprint density at radius 2 is 1.52 bits per heavy atom. The van der Waals surface area contributed by atoms with Crippen LogP contribution in [0, 0.1) is 5.92 Å². The van der Waals surface area contributed by atoms with Crippen LogP contribution in [-0.4, -0.2) is 12.6 Å². The number of esters is 1. The molecule has 0 radical (unpaired) electrons. The van der Waals surface area contributed by atoms with Crippen molar-refractivity contribution in [3.05, 3.63) is 59.7 Å². The minimum Gasteiger partial charge on any atom is -0.494 e. The Morgan fingerprint density at radius 3 is 2.14 bits per heavy atom. The highest BCUT2D eigenvalue weighted by Crippen LogP contribution is 2.37. The van der Waals surface area contributed by atoms with E-state index in [1.54, 1.807) is 12.1 Å². The Balaban J connectivity index is 1.50. The van der Waals surface area contributed by atoms with E-state index in [2.05, 4.69) is 19.1 Å². The largest absolute Gasteiger partial charge is 0.494 e. The zero-order valence-electron chi connectivity index (χ0n) is 17.9. The van der Waals surface area contributed by atoms with Gasteiger partial charge in [0.1, 0.15) is 11.5 Å². The molecule has 0 aliphatic heterocycles. The van der Waals surface area contributed by atoms with Crippen LogP contribution in [0.25, 0.3) is 0 Å². The Labute approximate surface area is 175 Å². The van der Waals surface area contributed by atoms with Crippen LogP contribution in [0.3, 0.4) is 0 Å². The van der Waals surface area contributed by atoms with Gasteiger partial charge in [-0.1, -0.05) is 44.7 Å². The number of carbonyl (C=O) groups is 1. The van der Waals surface area contributed by atoms with Gasteiger partial charge in [0.15, 0.2) is 0 Å². The molecule has 2 aromatic carbocycles. The van der Waals surface area contributed by atoms with Crippen molar-refractivity contribution < 1.29 is 14.3 Å². The standard InChI is InChI=1S/C26H34O3/c1-3-5-6-7-20-8-10-21(11-9-20)22-12-14-23(15-13-22)26(27)29-25-18-16-24(17-19-25)28-4-2/h12-21H,3-11H2,1-2H3. The first-order chi connectivity index (χ1) is 14.2. The molecule has 0 aromatic heterocycles. The van der Waals surface area contributed by atoms with Crippen LogP contribution in [-0.2, 0) is 0 Å². The molecule has 0 bridgehead atoms. The van der Waals surface area contributed by atoms with E-state index in [0.717, 1.165) is 11.7 Å². The number of carbonyl (C=O) groups excluding carboxylic acids is 1. The Bertz CT molecular complexity index is 741. The molecule has 0 atom stereocenters. The number of rotatable bonds is 9. The average Bonchev–Trinajstić information content (AvgIpc) is 2.76. The smallest absolute Gasteiger partial charge is 0.343 e. The van der Waals surface area contributed by atoms with E-state index < -0.39 is 0 Å². The second-order valence-electron chi connectivity index (χ2n) is 8.13. The highest BCUT2D eigenvalue weighted by Gasteiger charge is 2.22. The molecule has 0 amide bonds. The predicted octanol–water partition coefficient (Wildman–Crippen LogP) is 7.16. The van der Waals surface area contributed by atoms with Crippen LogP contribution in [0.4, 0.5) is 0 Å². The van der Waals surface area contributed by atoms with Crippen molar-refractivity contribution in [3.8, 4) is 11.5 Å². The van der Waals surface area contributed by atoms with Crippen molar-refractivity contribution in [1.29, 1.82) is 0 Å². The minimum absolute atomic E-state index is 0.319. The fourth-order valence-corrected chi connectivity index (χ4v) is 4.30. The van der Waals surface area contributed by atoms with Crippen LogP contribution in [0.15, 0.2) is 48.5 Å². The molecular formula is C26H34O3. The molecule has 1 aliphatic carbocycles. The summed E-state index contributed by atoms with van der Waals surface area (Å²) in [6.45, 7) is 4.83. The molecule has 156 valence electrons. The maximum absolute atomic E-state index is 12.4. The molecule has 1 aliphatic rings. The van der Waals surface area contributed by atoms with Crippen LogP contribution < -0.4 is 9.47 Å². The SMILES string of the molecule is CCCCCC1CCC(c2ccc(C(=O)Oc3ccc(OCC)cc3)cc2)CC1. The summed E-state index contributed by atoms with van der Waals surface area (Å²) in [6, 6.07) is 15.2. The molecule has 0 spiro atoms. The van der Waals surface area contributed by atoms with Crippen LogP contribution in [0.2, 0.25) is 0 Å². The zero-order chi connectivity index (χ0) is 20.5. The first kappa shape index (κ1) is 21.4. The van der Waals surface area contributed by atoms with Gasteiger partial charge in [-0.2, -0.15) is 0 Å². The summed E-state index contributed by atoms with van der Waals surface area (Å²) >= 11 is 0. The highest BCUT2D eigenvalue weighted by molar-refractivity contribution is 5.91. The Morgan fingerprint density at radius 1 is 0.862 bits per heavy atom. The summed E-state index contributed by atoms with van der Waals surface area (Å²) in [5.74, 6) is 2.54. The minimum atomic E-state index is -0.319. The monoisotopic (exact) mass is 394 g/mol. The van der Waals surface area contributed by atoms with Crippen molar-refractivity contribution >= 4 is 5.97 Å². The molecule has 0 heterocycles. The van der Waals surface area contributed by atoms with Crippen molar-refractivity contribution in [1.82, 2.24) is 0 Å². The Hall–Kier alpha value is -2.29. The van der Waals surface area contributed by atoms with Crippen LogP contribution in [0.5, 0.6) is 11.5 Å². The lowest BCUT2D eigenvalue weighted by Gasteiger charge is -2.29. The van der Waals surface area contributed by atoms with E-state index in [1.807, 2.05) is 31.2 Å². The molecular weight excluding hydrogens is 360 g/mol. The van der Waals surface area contributed by atoms with E-state index in [-0.39, 0.29) is 5.97 Å². The third-order valence-electron chi connectivity index (χ3n) is 6.03.